The molecule has 3 rings (SSSR count). The molecule has 1 heterocycles. The zero-order valence-electron chi connectivity index (χ0n) is 15.2. The number of ether oxygens (including phenoxy) is 1. The van der Waals surface area contributed by atoms with Gasteiger partial charge >= 0.3 is 11.9 Å². The van der Waals surface area contributed by atoms with E-state index in [1.54, 1.807) is 24.3 Å². The molecule has 0 unspecified atom stereocenters. The fourth-order valence-electron chi connectivity index (χ4n) is 2.47. The second-order valence-corrected chi connectivity index (χ2v) is 6.25. The molecule has 8 nitrogen and oxygen atoms in total. The zero-order chi connectivity index (χ0) is 21.9. The Balaban J connectivity index is 1.98. The third-order valence-electron chi connectivity index (χ3n) is 3.90. The summed E-state index contributed by atoms with van der Waals surface area (Å²) in [6, 6.07) is 9.08. The van der Waals surface area contributed by atoms with Crippen LogP contribution in [0.25, 0.3) is 0 Å². The highest BCUT2D eigenvalue weighted by molar-refractivity contribution is 6.33. The van der Waals surface area contributed by atoms with Crippen LogP contribution < -0.4 is 15.4 Å². The van der Waals surface area contributed by atoms with Gasteiger partial charge in [0.05, 0.1) is 28.3 Å². The Bertz CT molecular complexity index is 1080. The molecule has 2 aromatic carbocycles. The molecule has 3 aromatic rings. The lowest BCUT2D eigenvalue weighted by Crippen LogP contribution is -2.08. The Hall–Kier alpha value is -3.60. The minimum atomic E-state index is -4.61. The lowest BCUT2D eigenvalue weighted by molar-refractivity contribution is -0.383. The van der Waals surface area contributed by atoms with E-state index in [9.17, 15) is 23.3 Å². The van der Waals surface area contributed by atoms with Crippen molar-refractivity contribution < 1.29 is 22.8 Å². The first-order valence-electron chi connectivity index (χ1n) is 8.23. The lowest BCUT2D eigenvalue weighted by Gasteiger charge is -2.13. The minimum Gasteiger partial charge on any atom is -0.497 e. The number of nitrogens with zero attached hydrogens (tertiary/aromatic N) is 3. The number of nitrogens with one attached hydrogen (secondary N) is 2. The van der Waals surface area contributed by atoms with E-state index in [1.165, 1.54) is 7.11 Å². The molecular formula is C18H13ClF3N5O3. The number of hydrogen-bond acceptors (Lipinski definition) is 7. The zero-order valence-corrected chi connectivity index (χ0v) is 16.0. The maximum Gasteiger partial charge on any atom is 0.416 e. The summed E-state index contributed by atoms with van der Waals surface area (Å²) in [4.78, 5) is 18.6. The van der Waals surface area contributed by atoms with E-state index in [0.29, 0.717) is 11.4 Å². The Morgan fingerprint density at radius 3 is 2.27 bits per heavy atom. The fourth-order valence-corrected chi connectivity index (χ4v) is 2.64. The molecule has 0 amide bonds. The van der Waals surface area contributed by atoms with Crippen LogP contribution in [-0.2, 0) is 6.18 Å². The van der Waals surface area contributed by atoms with Gasteiger partial charge in [0.2, 0.25) is 11.6 Å². The number of anilines is 4. The molecule has 0 bridgehead atoms. The van der Waals surface area contributed by atoms with E-state index < -0.39 is 22.4 Å². The molecule has 2 N–H and O–H groups in total. The molecule has 0 saturated heterocycles. The van der Waals surface area contributed by atoms with Gasteiger partial charge in [-0.2, -0.15) is 13.2 Å². The molecular weight excluding hydrogens is 427 g/mol. The fraction of sp³-hybridized carbons (Fsp3) is 0.111. The predicted octanol–water partition coefficient (Wildman–Crippen LogP) is 5.55. The van der Waals surface area contributed by atoms with Gasteiger partial charge < -0.3 is 15.4 Å². The van der Waals surface area contributed by atoms with Crippen molar-refractivity contribution in [1.29, 1.82) is 0 Å². The molecule has 0 saturated carbocycles. The van der Waals surface area contributed by atoms with Crippen LogP contribution in [0.3, 0.4) is 0 Å². The SMILES string of the molecule is COc1ccc(Nc2ncnc(Nc3cc(C(F)(F)F)ccc3Cl)c2[N+](=O)[O-])cc1. The van der Waals surface area contributed by atoms with Gasteiger partial charge in [-0.3, -0.25) is 10.1 Å². The highest BCUT2D eigenvalue weighted by atomic mass is 35.5. The molecule has 0 aliphatic heterocycles. The summed E-state index contributed by atoms with van der Waals surface area (Å²) in [6.07, 6.45) is -3.58. The average molecular weight is 440 g/mol. The molecule has 30 heavy (non-hydrogen) atoms. The van der Waals surface area contributed by atoms with Crippen LogP contribution in [0.5, 0.6) is 5.75 Å². The number of benzene rings is 2. The van der Waals surface area contributed by atoms with Gasteiger partial charge in [0.25, 0.3) is 0 Å². The highest BCUT2D eigenvalue weighted by Gasteiger charge is 2.31. The van der Waals surface area contributed by atoms with Crippen molar-refractivity contribution in [3.8, 4) is 5.75 Å². The molecule has 0 radical (unpaired) electrons. The number of hydrogen-bond donors (Lipinski definition) is 2. The van der Waals surface area contributed by atoms with Crippen LogP contribution in [0, 0.1) is 10.1 Å². The third kappa shape index (κ3) is 4.69. The summed E-state index contributed by atoms with van der Waals surface area (Å²) >= 11 is 5.96. The third-order valence-corrected chi connectivity index (χ3v) is 4.23. The van der Waals surface area contributed by atoms with Crippen LogP contribution >= 0.6 is 11.6 Å². The van der Waals surface area contributed by atoms with Gasteiger partial charge in [-0.05, 0) is 42.5 Å². The molecule has 0 atom stereocenters. The summed E-state index contributed by atoms with van der Waals surface area (Å²) in [5.41, 5.74) is -1.26. The molecule has 1 aromatic heterocycles. The van der Waals surface area contributed by atoms with Crippen LogP contribution in [0.1, 0.15) is 5.56 Å². The van der Waals surface area contributed by atoms with Crippen molar-refractivity contribution >= 4 is 40.3 Å². The molecule has 0 spiro atoms. The predicted molar refractivity (Wildman–Crippen MR) is 105 cm³/mol. The number of nitro groups is 1. The minimum absolute atomic E-state index is 0.0689. The first-order chi connectivity index (χ1) is 14.2. The topological polar surface area (TPSA) is 102 Å². The number of methoxy groups -OCH3 is 1. The van der Waals surface area contributed by atoms with Crippen molar-refractivity contribution in [1.82, 2.24) is 9.97 Å². The quantitative estimate of drug-likeness (QED) is 0.383. The maximum absolute atomic E-state index is 13.0. The van der Waals surface area contributed by atoms with Crippen LogP contribution in [0.15, 0.2) is 48.8 Å². The van der Waals surface area contributed by atoms with Gasteiger partial charge in [0, 0.05) is 5.69 Å². The summed E-state index contributed by atoms with van der Waals surface area (Å²) in [5, 5.41) is 16.9. The summed E-state index contributed by atoms with van der Waals surface area (Å²) in [5.74, 6) is 0.0947. The van der Waals surface area contributed by atoms with Gasteiger partial charge in [-0.1, -0.05) is 11.6 Å². The van der Waals surface area contributed by atoms with Gasteiger partial charge in [0.1, 0.15) is 12.1 Å². The van der Waals surface area contributed by atoms with E-state index in [-0.39, 0.29) is 22.3 Å². The van der Waals surface area contributed by atoms with E-state index in [0.717, 1.165) is 24.5 Å². The first-order valence-corrected chi connectivity index (χ1v) is 8.61. The summed E-state index contributed by atoms with van der Waals surface area (Å²) < 4.78 is 44.0. The van der Waals surface area contributed by atoms with Crippen molar-refractivity contribution in [2.75, 3.05) is 17.7 Å². The Morgan fingerprint density at radius 1 is 1.07 bits per heavy atom. The Kier molecular flexibility index (Phi) is 5.92. The molecule has 0 aliphatic carbocycles. The van der Waals surface area contributed by atoms with Crippen molar-refractivity contribution in [2.24, 2.45) is 0 Å². The van der Waals surface area contributed by atoms with Crippen molar-refractivity contribution in [2.45, 2.75) is 6.18 Å². The summed E-state index contributed by atoms with van der Waals surface area (Å²) in [6.45, 7) is 0. The van der Waals surface area contributed by atoms with E-state index in [4.69, 9.17) is 16.3 Å². The van der Waals surface area contributed by atoms with Gasteiger partial charge in [-0.15, -0.1) is 0 Å². The maximum atomic E-state index is 13.0. The number of alkyl halides is 3. The average Bonchev–Trinajstić information content (AvgIpc) is 2.69. The van der Waals surface area contributed by atoms with Crippen LogP contribution in [-0.4, -0.2) is 22.0 Å². The normalized spacial score (nSPS) is 11.1. The standard InChI is InChI=1S/C18H13ClF3N5O3/c1-30-12-5-3-11(4-6-12)25-16-15(27(28)29)17(24-9-23-16)26-14-8-10(18(20,21)22)2-7-13(14)19/h2-9H,1H3,(H2,23,24,25,26). The van der Waals surface area contributed by atoms with E-state index >= 15 is 0 Å². The molecule has 156 valence electrons. The van der Waals surface area contributed by atoms with Crippen LogP contribution in [0.2, 0.25) is 5.02 Å². The Morgan fingerprint density at radius 2 is 1.70 bits per heavy atom. The van der Waals surface area contributed by atoms with E-state index in [2.05, 4.69) is 20.6 Å². The highest BCUT2D eigenvalue weighted by Crippen LogP contribution is 2.38. The van der Waals surface area contributed by atoms with Crippen molar-refractivity contribution in [3.63, 3.8) is 0 Å². The van der Waals surface area contributed by atoms with Crippen molar-refractivity contribution in [3.05, 3.63) is 69.5 Å². The monoisotopic (exact) mass is 439 g/mol. The molecule has 0 aliphatic rings. The molecule has 12 heteroatoms. The number of aromatic nitrogens is 2. The second-order valence-electron chi connectivity index (χ2n) is 5.85. The van der Waals surface area contributed by atoms with Gasteiger partial charge in [0.15, 0.2) is 0 Å². The molecule has 0 fully saturated rings. The largest absolute Gasteiger partial charge is 0.497 e. The lowest BCUT2D eigenvalue weighted by atomic mass is 10.2. The summed E-state index contributed by atoms with van der Waals surface area (Å²) in [7, 11) is 1.49. The van der Waals surface area contributed by atoms with Gasteiger partial charge in [-0.25, -0.2) is 9.97 Å². The Labute approximate surface area is 172 Å². The number of rotatable bonds is 6. The second kappa shape index (κ2) is 8.41. The smallest absolute Gasteiger partial charge is 0.416 e. The first kappa shape index (κ1) is 21.1. The number of halogens is 4. The van der Waals surface area contributed by atoms with Crippen LogP contribution in [0.4, 0.5) is 41.9 Å². The van der Waals surface area contributed by atoms with E-state index in [1.807, 2.05) is 0 Å².